The van der Waals surface area contributed by atoms with Gasteiger partial charge in [-0.15, -0.1) is 0 Å². The molecular weight excluding hydrogens is 244 g/mol. The molecule has 0 heterocycles. The molecule has 1 rings (SSSR count). The number of ether oxygens (including phenoxy) is 2. The van der Waals surface area contributed by atoms with Crippen molar-refractivity contribution in [2.75, 3.05) is 32.9 Å². The Morgan fingerprint density at radius 2 is 1.95 bits per heavy atom. The van der Waals surface area contributed by atoms with Crippen molar-refractivity contribution in [3.05, 3.63) is 30.3 Å². The maximum absolute atomic E-state index is 11.5. The number of hydrogen-bond acceptors (Lipinski definition) is 4. The lowest BCUT2D eigenvalue weighted by Gasteiger charge is -2.07. The van der Waals surface area contributed by atoms with Crippen molar-refractivity contribution in [2.24, 2.45) is 5.73 Å². The minimum absolute atomic E-state index is 0.00486. The largest absolute Gasteiger partial charge is 0.493 e. The monoisotopic (exact) mass is 266 g/mol. The molecule has 0 fully saturated rings. The zero-order valence-corrected chi connectivity index (χ0v) is 11.1. The average Bonchev–Trinajstić information content (AvgIpc) is 2.44. The Morgan fingerprint density at radius 1 is 1.16 bits per heavy atom. The smallest absolute Gasteiger partial charge is 0.223 e. The lowest BCUT2D eigenvalue weighted by molar-refractivity contribution is -0.121. The Labute approximate surface area is 114 Å². The molecule has 0 atom stereocenters. The predicted octanol–water partition coefficient (Wildman–Crippen LogP) is 0.937. The number of nitrogens with two attached hydrogens (primary N) is 1. The van der Waals surface area contributed by atoms with Gasteiger partial charge < -0.3 is 20.5 Å². The molecule has 0 bridgehead atoms. The first kappa shape index (κ1) is 15.5. The van der Waals surface area contributed by atoms with Crippen molar-refractivity contribution >= 4 is 5.91 Å². The van der Waals surface area contributed by atoms with Gasteiger partial charge in [-0.05, 0) is 18.6 Å². The van der Waals surface area contributed by atoms with E-state index in [0.29, 0.717) is 39.3 Å². The summed E-state index contributed by atoms with van der Waals surface area (Å²) in [6, 6.07) is 9.46. The molecule has 1 aromatic carbocycles. The molecule has 0 saturated carbocycles. The molecule has 0 aromatic heterocycles. The molecule has 0 saturated heterocycles. The normalized spacial score (nSPS) is 10.2. The standard InChI is InChI=1S/C14H22N2O3/c15-8-12-18-10-4-9-16-14(17)7-11-19-13-5-2-1-3-6-13/h1-3,5-6H,4,7-12,15H2,(H,16,17). The molecule has 1 amide bonds. The van der Waals surface area contributed by atoms with Gasteiger partial charge in [-0.3, -0.25) is 4.79 Å². The zero-order chi connectivity index (χ0) is 13.8. The summed E-state index contributed by atoms with van der Waals surface area (Å²) in [4.78, 5) is 11.5. The summed E-state index contributed by atoms with van der Waals surface area (Å²) in [5.74, 6) is 0.778. The van der Waals surface area contributed by atoms with Gasteiger partial charge in [0, 0.05) is 19.7 Å². The van der Waals surface area contributed by atoms with Gasteiger partial charge in [0.25, 0.3) is 0 Å². The van der Waals surface area contributed by atoms with E-state index in [1.165, 1.54) is 0 Å². The van der Waals surface area contributed by atoms with Gasteiger partial charge in [-0.25, -0.2) is 0 Å². The van der Waals surface area contributed by atoms with Crippen LogP contribution in [0.15, 0.2) is 30.3 Å². The van der Waals surface area contributed by atoms with Crippen LogP contribution in [-0.2, 0) is 9.53 Å². The van der Waals surface area contributed by atoms with Gasteiger partial charge in [-0.1, -0.05) is 18.2 Å². The van der Waals surface area contributed by atoms with Crippen LogP contribution < -0.4 is 15.8 Å². The molecule has 106 valence electrons. The lowest BCUT2D eigenvalue weighted by Crippen LogP contribution is -2.26. The Hall–Kier alpha value is -1.59. The molecule has 3 N–H and O–H groups in total. The molecule has 0 spiro atoms. The van der Waals surface area contributed by atoms with Crippen LogP contribution in [-0.4, -0.2) is 38.8 Å². The summed E-state index contributed by atoms with van der Waals surface area (Å²) >= 11 is 0. The summed E-state index contributed by atoms with van der Waals surface area (Å²) in [6.07, 6.45) is 1.16. The van der Waals surface area contributed by atoms with Gasteiger partial charge in [0.05, 0.1) is 19.6 Å². The van der Waals surface area contributed by atoms with Crippen molar-refractivity contribution in [1.29, 1.82) is 0 Å². The topological polar surface area (TPSA) is 73.6 Å². The van der Waals surface area contributed by atoms with E-state index in [4.69, 9.17) is 15.2 Å². The number of hydrogen-bond donors (Lipinski definition) is 2. The Balaban J connectivity index is 1.96. The minimum Gasteiger partial charge on any atom is -0.493 e. The number of para-hydroxylation sites is 1. The second kappa shape index (κ2) is 10.3. The number of carbonyl (C=O) groups is 1. The van der Waals surface area contributed by atoms with Gasteiger partial charge in [0.15, 0.2) is 0 Å². The molecule has 5 heteroatoms. The van der Waals surface area contributed by atoms with Gasteiger partial charge >= 0.3 is 0 Å². The van der Waals surface area contributed by atoms with Crippen LogP contribution in [0.1, 0.15) is 12.8 Å². The second-order valence-corrected chi connectivity index (χ2v) is 4.02. The van der Waals surface area contributed by atoms with E-state index >= 15 is 0 Å². The molecule has 19 heavy (non-hydrogen) atoms. The summed E-state index contributed by atoms with van der Waals surface area (Å²) in [6.45, 7) is 2.73. The molecule has 1 aromatic rings. The molecule has 0 aliphatic rings. The van der Waals surface area contributed by atoms with Crippen LogP contribution in [0.2, 0.25) is 0 Å². The van der Waals surface area contributed by atoms with Crippen molar-refractivity contribution in [1.82, 2.24) is 5.32 Å². The molecular formula is C14H22N2O3. The molecule has 0 unspecified atom stereocenters. The summed E-state index contributed by atoms with van der Waals surface area (Å²) < 4.78 is 10.6. The third-order valence-corrected chi connectivity index (χ3v) is 2.39. The number of nitrogens with one attached hydrogen (secondary N) is 1. The Kier molecular flexibility index (Phi) is 8.42. The summed E-state index contributed by atoms with van der Waals surface area (Å²) in [5.41, 5.74) is 5.29. The molecule has 0 radical (unpaired) electrons. The Morgan fingerprint density at radius 3 is 2.68 bits per heavy atom. The van der Waals surface area contributed by atoms with E-state index < -0.39 is 0 Å². The van der Waals surface area contributed by atoms with Gasteiger partial charge in [0.1, 0.15) is 5.75 Å². The number of rotatable bonds is 10. The van der Waals surface area contributed by atoms with E-state index in [0.717, 1.165) is 12.2 Å². The first-order valence-corrected chi connectivity index (χ1v) is 6.55. The predicted molar refractivity (Wildman–Crippen MR) is 74.1 cm³/mol. The first-order chi connectivity index (χ1) is 9.33. The highest BCUT2D eigenvalue weighted by atomic mass is 16.5. The van der Waals surface area contributed by atoms with Crippen LogP contribution in [0.3, 0.4) is 0 Å². The minimum atomic E-state index is -0.00486. The fourth-order valence-corrected chi connectivity index (χ4v) is 1.45. The van der Waals surface area contributed by atoms with Crippen LogP contribution in [0.5, 0.6) is 5.75 Å². The number of benzene rings is 1. The Bertz CT molecular complexity index is 344. The molecule has 5 nitrogen and oxygen atoms in total. The third-order valence-electron chi connectivity index (χ3n) is 2.39. The third kappa shape index (κ3) is 8.18. The fraction of sp³-hybridized carbons (Fsp3) is 0.500. The van der Waals surface area contributed by atoms with Gasteiger partial charge in [-0.2, -0.15) is 0 Å². The van der Waals surface area contributed by atoms with E-state index in [1.807, 2.05) is 30.3 Å². The van der Waals surface area contributed by atoms with Gasteiger partial charge in [0.2, 0.25) is 5.91 Å². The van der Waals surface area contributed by atoms with Crippen LogP contribution >= 0.6 is 0 Å². The van der Waals surface area contributed by atoms with E-state index in [1.54, 1.807) is 0 Å². The van der Waals surface area contributed by atoms with E-state index in [2.05, 4.69) is 5.32 Å². The zero-order valence-electron chi connectivity index (χ0n) is 11.1. The highest BCUT2D eigenvalue weighted by molar-refractivity contribution is 5.75. The molecule has 0 aliphatic heterocycles. The quantitative estimate of drug-likeness (QED) is 0.618. The fourth-order valence-electron chi connectivity index (χ4n) is 1.45. The summed E-state index contributed by atoms with van der Waals surface area (Å²) in [7, 11) is 0. The number of amides is 1. The van der Waals surface area contributed by atoms with Crippen LogP contribution in [0.25, 0.3) is 0 Å². The highest BCUT2D eigenvalue weighted by Gasteiger charge is 2.01. The lowest BCUT2D eigenvalue weighted by atomic mass is 10.3. The van der Waals surface area contributed by atoms with E-state index in [-0.39, 0.29) is 5.91 Å². The summed E-state index contributed by atoms with van der Waals surface area (Å²) in [5, 5.41) is 2.82. The first-order valence-electron chi connectivity index (χ1n) is 6.55. The SMILES string of the molecule is NCCOCCCNC(=O)CCOc1ccccc1. The maximum atomic E-state index is 11.5. The van der Waals surface area contributed by atoms with E-state index in [9.17, 15) is 4.79 Å². The van der Waals surface area contributed by atoms with Crippen LogP contribution in [0, 0.1) is 0 Å². The van der Waals surface area contributed by atoms with Crippen molar-refractivity contribution in [2.45, 2.75) is 12.8 Å². The maximum Gasteiger partial charge on any atom is 0.223 e. The number of carbonyl (C=O) groups excluding carboxylic acids is 1. The highest BCUT2D eigenvalue weighted by Crippen LogP contribution is 2.08. The van der Waals surface area contributed by atoms with Crippen molar-refractivity contribution < 1.29 is 14.3 Å². The van der Waals surface area contributed by atoms with Crippen LogP contribution in [0.4, 0.5) is 0 Å². The average molecular weight is 266 g/mol. The van der Waals surface area contributed by atoms with Crippen molar-refractivity contribution in [3.63, 3.8) is 0 Å². The second-order valence-electron chi connectivity index (χ2n) is 4.02. The van der Waals surface area contributed by atoms with Crippen molar-refractivity contribution in [3.8, 4) is 5.75 Å². The molecule has 0 aliphatic carbocycles.